The third-order valence-electron chi connectivity index (χ3n) is 4.74. The molecule has 0 aliphatic carbocycles. The number of benzene rings is 3. The Kier molecular flexibility index (Phi) is 9.34. The fraction of sp³-hybridized carbons (Fsp3) is 0.100. The zero-order valence-corrected chi connectivity index (χ0v) is 18.7. The van der Waals surface area contributed by atoms with Crippen LogP contribution in [-0.2, 0) is 13.9 Å². The molecule has 1 fully saturated rings. The van der Waals surface area contributed by atoms with Crippen LogP contribution in [0, 0.1) is 0 Å². The van der Waals surface area contributed by atoms with Crippen molar-refractivity contribution in [2.75, 3.05) is 12.7 Å². The van der Waals surface area contributed by atoms with Crippen LogP contribution >= 0.6 is 7.14 Å². The van der Waals surface area contributed by atoms with Crippen molar-refractivity contribution in [1.82, 2.24) is 0 Å². The molecule has 0 unspecified atom stereocenters. The Hall–Kier alpha value is -1.21. The largest absolute Gasteiger partial charge is 1.00 e. The second-order valence-electron chi connectivity index (χ2n) is 6.35. The van der Waals surface area contributed by atoms with Gasteiger partial charge in [-0.1, -0.05) is 91.0 Å². The van der Waals surface area contributed by atoms with E-state index in [0.29, 0.717) is 0 Å². The van der Waals surface area contributed by atoms with Gasteiger partial charge >= 0.3 is 29.6 Å². The Labute approximate surface area is 187 Å². The molecule has 0 atom stereocenters. The maximum absolute atomic E-state index is 13.3. The molecule has 3 aromatic carbocycles. The van der Waals surface area contributed by atoms with Crippen LogP contribution in [-0.4, -0.2) is 30.2 Å². The minimum atomic E-state index is -2.72. The first-order valence-electron chi connectivity index (χ1n) is 8.40. The summed E-state index contributed by atoms with van der Waals surface area (Å²) in [5, 5.41) is 0.806. The Morgan fingerprint density at radius 2 is 1.00 bits per heavy atom. The average molecular weight is 408 g/mol. The third kappa shape index (κ3) is 4.68. The first kappa shape index (κ1) is 24.8. The minimum Gasteiger partial charge on any atom is -0.555 e. The molecule has 4 N–H and O–H groups in total. The van der Waals surface area contributed by atoms with Gasteiger partial charge < -0.3 is 24.8 Å². The van der Waals surface area contributed by atoms with E-state index in [2.05, 4.69) is 0 Å². The summed E-state index contributed by atoms with van der Waals surface area (Å²) in [4.78, 5) is 0. The van der Waals surface area contributed by atoms with E-state index in [1.165, 1.54) is 0 Å². The SMILES string of the molecule is O.O.O=P1(c2ccccc2)CO[B-](c2ccccc2)(c2ccccc2)OC1.[Na+]. The quantitative estimate of drug-likeness (QED) is 0.380. The van der Waals surface area contributed by atoms with Crippen molar-refractivity contribution >= 4 is 29.9 Å². The number of hydrogen-bond donors (Lipinski definition) is 0. The summed E-state index contributed by atoms with van der Waals surface area (Å²) in [6.07, 6.45) is 0.363. The predicted octanol–water partition coefficient (Wildman–Crippen LogP) is -1.75. The summed E-state index contributed by atoms with van der Waals surface area (Å²) in [6.45, 7) is -1.84. The molecule has 0 amide bonds. The summed E-state index contributed by atoms with van der Waals surface area (Å²) in [6, 6.07) is 29.3. The van der Waals surface area contributed by atoms with Crippen LogP contribution in [0.3, 0.4) is 0 Å². The van der Waals surface area contributed by atoms with Crippen molar-refractivity contribution in [1.29, 1.82) is 0 Å². The second-order valence-corrected chi connectivity index (χ2v) is 9.16. The monoisotopic (exact) mass is 408 g/mol. The molecule has 1 heterocycles. The van der Waals surface area contributed by atoms with E-state index < -0.39 is 13.7 Å². The van der Waals surface area contributed by atoms with E-state index in [-0.39, 0.29) is 53.2 Å². The van der Waals surface area contributed by atoms with Crippen LogP contribution < -0.4 is 45.8 Å². The van der Waals surface area contributed by atoms with Crippen LogP contribution in [0.2, 0.25) is 0 Å². The van der Waals surface area contributed by atoms with Gasteiger partial charge in [0.25, 0.3) is 6.55 Å². The molecule has 0 bridgehead atoms. The van der Waals surface area contributed by atoms with Crippen molar-refractivity contribution in [3.63, 3.8) is 0 Å². The van der Waals surface area contributed by atoms with Crippen molar-refractivity contribution in [3.05, 3.63) is 91.0 Å². The molecule has 0 saturated carbocycles. The van der Waals surface area contributed by atoms with Gasteiger partial charge in [0, 0.05) is 5.30 Å². The Bertz CT molecular complexity index is 843. The third-order valence-corrected chi connectivity index (χ3v) is 7.11. The molecule has 28 heavy (non-hydrogen) atoms. The molecular formula is C20H23BNaO5P. The molecule has 1 aliphatic rings. The van der Waals surface area contributed by atoms with Crippen molar-refractivity contribution in [2.24, 2.45) is 0 Å². The Morgan fingerprint density at radius 3 is 1.39 bits per heavy atom. The molecule has 3 aromatic rings. The van der Waals surface area contributed by atoms with Crippen molar-refractivity contribution < 1.29 is 54.4 Å². The average Bonchev–Trinajstić information content (AvgIpc) is 2.71. The summed E-state index contributed by atoms with van der Waals surface area (Å²) in [7, 11) is -2.72. The molecule has 8 heteroatoms. The summed E-state index contributed by atoms with van der Waals surface area (Å²) >= 11 is 0. The first-order chi connectivity index (χ1) is 12.2. The van der Waals surface area contributed by atoms with E-state index in [1.54, 1.807) is 0 Å². The predicted molar refractivity (Wildman–Crippen MR) is 111 cm³/mol. The summed E-state index contributed by atoms with van der Waals surface area (Å²) in [5.74, 6) is 0. The summed E-state index contributed by atoms with van der Waals surface area (Å²) in [5.41, 5.74) is 1.93. The molecule has 1 aliphatic heterocycles. The van der Waals surface area contributed by atoms with Gasteiger partial charge in [-0.3, -0.25) is 0 Å². The smallest absolute Gasteiger partial charge is 0.555 e. The van der Waals surface area contributed by atoms with E-state index >= 15 is 0 Å². The van der Waals surface area contributed by atoms with Gasteiger partial charge in [0.2, 0.25) is 0 Å². The molecule has 1 saturated heterocycles. The van der Waals surface area contributed by atoms with Crippen LogP contribution in [0.4, 0.5) is 0 Å². The topological polar surface area (TPSA) is 98.5 Å². The van der Waals surface area contributed by atoms with Gasteiger partial charge in [0.15, 0.2) is 7.14 Å². The van der Waals surface area contributed by atoms with Gasteiger partial charge in [-0.15, -0.1) is 10.9 Å². The zero-order valence-electron chi connectivity index (χ0n) is 15.8. The molecule has 142 valence electrons. The maximum Gasteiger partial charge on any atom is 1.00 e. The van der Waals surface area contributed by atoms with Crippen LogP contribution in [0.1, 0.15) is 0 Å². The van der Waals surface area contributed by atoms with Crippen LogP contribution in [0.5, 0.6) is 0 Å². The van der Waals surface area contributed by atoms with Gasteiger partial charge in [-0.2, -0.15) is 0 Å². The standard InChI is InChI=1S/C20H19BO3P.Na.2H2O/c22-25(20-14-8-3-9-15-20)16-23-21(24-17-25,18-10-4-1-5-11-18)19-12-6-2-7-13-19;;;/h1-15H,16-17H2;;2*1H2/q-1;+1;;. The van der Waals surface area contributed by atoms with E-state index in [4.69, 9.17) is 9.31 Å². The zero-order chi connectivity index (χ0) is 17.2. The fourth-order valence-corrected chi connectivity index (χ4v) is 5.36. The molecule has 0 aromatic heterocycles. The molecule has 5 nitrogen and oxygen atoms in total. The normalized spacial score (nSPS) is 16.6. The Morgan fingerprint density at radius 1 is 0.643 bits per heavy atom. The van der Waals surface area contributed by atoms with E-state index in [1.807, 2.05) is 91.0 Å². The molecular weight excluding hydrogens is 385 g/mol. The second kappa shape index (κ2) is 10.5. The number of hydrogen-bond acceptors (Lipinski definition) is 3. The molecule has 0 radical (unpaired) electrons. The van der Waals surface area contributed by atoms with Crippen LogP contribution in [0.25, 0.3) is 0 Å². The number of rotatable bonds is 3. The van der Waals surface area contributed by atoms with Gasteiger partial charge in [-0.25, -0.2) is 0 Å². The fourth-order valence-electron chi connectivity index (χ4n) is 3.38. The van der Waals surface area contributed by atoms with Gasteiger partial charge in [0.05, 0.1) is 12.7 Å². The van der Waals surface area contributed by atoms with Crippen molar-refractivity contribution in [2.45, 2.75) is 0 Å². The van der Waals surface area contributed by atoms with E-state index in [0.717, 1.165) is 16.2 Å². The van der Waals surface area contributed by atoms with Crippen LogP contribution in [0.15, 0.2) is 91.0 Å². The maximum atomic E-state index is 13.3. The molecule has 0 spiro atoms. The van der Waals surface area contributed by atoms with Gasteiger partial charge in [0.1, 0.15) is 0 Å². The Balaban J connectivity index is 0.00000131. The summed E-state index contributed by atoms with van der Waals surface area (Å²) < 4.78 is 25.9. The molecule has 4 rings (SSSR count). The minimum absolute atomic E-state index is 0. The first-order valence-corrected chi connectivity index (χ1v) is 10.5. The van der Waals surface area contributed by atoms with Gasteiger partial charge in [-0.05, 0) is 0 Å². The van der Waals surface area contributed by atoms with E-state index in [9.17, 15) is 4.57 Å². The van der Waals surface area contributed by atoms with Crippen molar-refractivity contribution in [3.8, 4) is 0 Å².